The second kappa shape index (κ2) is 6.13. The predicted molar refractivity (Wildman–Crippen MR) is 77.2 cm³/mol. The highest BCUT2D eigenvalue weighted by molar-refractivity contribution is 5.08. The zero-order chi connectivity index (χ0) is 13.8. The molecule has 0 amide bonds. The summed E-state index contributed by atoms with van der Waals surface area (Å²) in [7, 11) is 0. The lowest BCUT2D eigenvalue weighted by Crippen LogP contribution is -2.25. The van der Waals surface area contributed by atoms with Crippen LogP contribution >= 0.6 is 0 Å². The van der Waals surface area contributed by atoms with E-state index in [2.05, 4.69) is 31.1 Å². The highest BCUT2D eigenvalue weighted by atomic mass is 15.3. The Morgan fingerprint density at radius 2 is 2.40 bits per heavy atom. The van der Waals surface area contributed by atoms with Crippen LogP contribution in [-0.2, 0) is 6.42 Å². The van der Waals surface area contributed by atoms with Crippen LogP contribution in [0.3, 0.4) is 0 Å². The third kappa shape index (κ3) is 3.04. The topological polar surface area (TPSA) is 57.7 Å². The van der Waals surface area contributed by atoms with E-state index in [1.807, 2.05) is 25.4 Å². The minimum absolute atomic E-state index is 0.397. The van der Waals surface area contributed by atoms with E-state index in [-0.39, 0.29) is 0 Å². The molecule has 1 aliphatic heterocycles. The molecule has 0 aliphatic carbocycles. The quantitative estimate of drug-likeness (QED) is 0.906. The lowest BCUT2D eigenvalue weighted by molar-refractivity contribution is 0.246. The van der Waals surface area contributed by atoms with E-state index < -0.39 is 0 Å². The number of rotatable bonds is 5. The summed E-state index contributed by atoms with van der Waals surface area (Å²) in [6.45, 7) is 4.22. The minimum Gasteiger partial charge on any atom is -0.293 e. The van der Waals surface area contributed by atoms with Crippen molar-refractivity contribution >= 4 is 0 Å². The van der Waals surface area contributed by atoms with Crippen molar-refractivity contribution in [2.45, 2.75) is 38.6 Å². The van der Waals surface area contributed by atoms with E-state index in [1.165, 1.54) is 18.4 Å². The van der Waals surface area contributed by atoms with Gasteiger partial charge < -0.3 is 0 Å². The molecule has 1 fully saturated rings. The highest BCUT2D eigenvalue weighted by Crippen LogP contribution is 2.29. The Kier molecular flexibility index (Phi) is 4.06. The Morgan fingerprint density at radius 3 is 3.15 bits per heavy atom. The van der Waals surface area contributed by atoms with Gasteiger partial charge in [0.25, 0.3) is 0 Å². The summed E-state index contributed by atoms with van der Waals surface area (Å²) < 4.78 is 0. The molecule has 1 N–H and O–H groups in total. The molecule has 0 saturated carbocycles. The van der Waals surface area contributed by atoms with Crippen LogP contribution in [0.2, 0.25) is 0 Å². The SMILES string of the molecule is Cc1nc(C2CCCN2CCCc2cccnc2)n[nH]1. The minimum atomic E-state index is 0.397. The lowest BCUT2D eigenvalue weighted by Gasteiger charge is -2.21. The van der Waals surface area contributed by atoms with E-state index in [9.17, 15) is 0 Å². The Labute approximate surface area is 119 Å². The summed E-state index contributed by atoms with van der Waals surface area (Å²) in [5, 5.41) is 7.28. The van der Waals surface area contributed by atoms with Gasteiger partial charge in [-0.3, -0.25) is 15.0 Å². The first-order chi connectivity index (χ1) is 9.83. The Balaban J connectivity index is 1.54. The molecule has 0 spiro atoms. The van der Waals surface area contributed by atoms with Crippen LogP contribution in [0, 0.1) is 6.92 Å². The van der Waals surface area contributed by atoms with Crippen LogP contribution in [0.25, 0.3) is 0 Å². The van der Waals surface area contributed by atoms with Crippen LogP contribution in [0.15, 0.2) is 24.5 Å². The largest absolute Gasteiger partial charge is 0.293 e. The van der Waals surface area contributed by atoms with Crippen molar-refractivity contribution < 1.29 is 0 Å². The summed E-state index contributed by atoms with van der Waals surface area (Å²) in [4.78, 5) is 11.2. The molecule has 2 aromatic heterocycles. The molecule has 3 rings (SSSR count). The molecule has 1 unspecified atom stereocenters. The second-order valence-corrected chi connectivity index (χ2v) is 5.44. The van der Waals surface area contributed by atoms with Gasteiger partial charge in [0.2, 0.25) is 0 Å². The van der Waals surface area contributed by atoms with Gasteiger partial charge in [-0.1, -0.05) is 6.07 Å². The van der Waals surface area contributed by atoms with Crippen molar-refractivity contribution in [3.8, 4) is 0 Å². The molecule has 20 heavy (non-hydrogen) atoms. The smallest absolute Gasteiger partial charge is 0.167 e. The van der Waals surface area contributed by atoms with Crippen LogP contribution in [0.4, 0.5) is 0 Å². The van der Waals surface area contributed by atoms with Gasteiger partial charge in [-0.2, -0.15) is 5.10 Å². The van der Waals surface area contributed by atoms with E-state index in [4.69, 9.17) is 0 Å². The maximum atomic E-state index is 4.49. The summed E-state index contributed by atoms with van der Waals surface area (Å²) in [6, 6.07) is 4.55. The number of likely N-dealkylation sites (tertiary alicyclic amines) is 1. The first-order valence-corrected chi connectivity index (χ1v) is 7.35. The zero-order valence-electron chi connectivity index (χ0n) is 11.9. The first kappa shape index (κ1) is 13.2. The normalized spacial score (nSPS) is 19.6. The van der Waals surface area contributed by atoms with Crippen molar-refractivity contribution in [1.29, 1.82) is 0 Å². The molecular formula is C15H21N5. The average molecular weight is 271 g/mol. The van der Waals surface area contributed by atoms with Crippen molar-refractivity contribution in [3.63, 3.8) is 0 Å². The Bertz CT molecular complexity index is 536. The number of hydrogen-bond acceptors (Lipinski definition) is 4. The van der Waals surface area contributed by atoms with Crippen molar-refractivity contribution in [2.24, 2.45) is 0 Å². The number of pyridine rings is 1. The number of aromatic amines is 1. The van der Waals surface area contributed by atoms with Crippen LogP contribution in [-0.4, -0.2) is 38.2 Å². The summed E-state index contributed by atoms with van der Waals surface area (Å²) in [5.41, 5.74) is 1.32. The predicted octanol–water partition coefficient (Wildman–Crippen LogP) is 2.28. The molecule has 0 bridgehead atoms. The number of hydrogen-bond donors (Lipinski definition) is 1. The Hall–Kier alpha value is -1.75. The number of nitrogens with one attached hydrogen (secondary N) is 1. The highest BCUT2D eigenvalue weighted by Gasteiger charge is 2.28. The average Bonchev–Trinajstić information content (AvgIpc) is 3.09. The summed E-state index contributed by atoms with van der Waals surface area (Å²) in [6.07, 6.45) is 8.44. The molecule has 1 aliphatic rings. The number of aromatic nitrogens is 4. The van der Waals surface area contributed by atoms with Crippen molar-refractivity contribution in [2.75, 3.05) is 13.1 Å². The number of H-pyrrole nitrogens is 1. The summed E-state index contributed by atoms with van der Waals surface area (Å²) >= 11 is 0. The van der Waals surface area contributed by atoms with E-state index in [0.717, 1.165) is 37.6 Å². The summed E-state index contributed by atoms with van der Waals surface area (Å²) in [5.74, 6) is 1.86. The molecule has 2 aromatic rings. The van der Waals surface area contributed by atoms with E-state index >= 15 is 0 Å². The van der Waals surface area contributed by atoms with Gasteiger partial charge >= 0.3 is 0 Å². The first-order valence-electron chi connectivity index (χ1n) is 7.35. The van der Waals surface area contributed by atoms with Gasteiger partial charge in [0, 0.05) is 12.4 Å². The fraction of sp³-hybridized carbons (Fsp3) is 0.533. The monoisotopic (exact) mass is 271 g/mol. The van der Waals surface area contributed by atoms with Gasteiger partial charge in [0.1, 0.15) is 5.82 Å². The molecule has 3 heterocycles. The van der Waals surface area contributed by atoms with E-state index in [0.29, 0.717) is 6.04 Å². The van der Waals surface area contributed by atoms with Crippen molar-refractivity contribution in [1.82, 2.24) is 25.1 Å². The van der Waals surface area contributed by atoms with Crippen LogP contribution in [0.5, 0.6) is 0 Å². The molecule has 1 saturated heterocycles. The standard InChI is InChI=1S/C15H21N5/c1-12-17-15(19-18-12)14-7-4-10-20(14)9-3-6-13-5-2-8-16-11-13/h2,5,8,11,14H,3-4,6-7,9-10H2,1H3,(H,17,18,19). The third-order valence-corrected chi connectivity index (χ3v) is 3.91. The van der Waals surface area contributed by atoms with Gasteiger partial charge in [-0.25, -0.2) is 4.98 Å². The van der Waals surface area contributed by atoms with Gasteiger partial charge in [-0.05, 0) is 57.3 Å². The van der Waals surface area contributed by atoms with Crippen LogP contribution in [0.1, 0.15) is 42.5 Å². The maximum Gasteiger partial charge on any atom is 0.167 e. The van der Waals surface area contributed by atoms with Gasteiger partial charge in [0.05, 0.1) is 6.04 Å². The second-order valence-electron chi connectivity index (χ2n) is 5.44. The van der Waals surface area contributed by atoms with Crippen LogP contribution < -0.4 is 0 Å². The van der Waals surface area contributed by atoms with Gasteiger partial charge in [-0.15, -0.1) is 0 Å². The molecule has 0 radical (unpaired) electrons. The fourth-order valence-corrected chi connectivity index (χ4v) is 2.93. The molecule has 5 heteroatoms. The molecule has 5 nitrogen and oxygen atoms in total. The fourth-order valence-electron chi connectivity index (χ4n) is 2.93. The van der Waals surface area contributed by atoms with E-state index in [1.54, 1.807) is 0 Å². The molecular weight excluding hydrogens is 250 g/mol. The number of aryl methyl sites for hydroxylation is 2. The van der Waals surface area contributed by atoms with Gasteiger partial charge in [0.15, 0.2) is 5.82 Å². The molecule has 1 atom stereocenters. The molecule has 106 valence electrons. The maximum absolute atomic E-state index is 4.49. The Morgan fingerprint density at radius 1 is 1.45 bits per heavy atom. The lowest BCUT2D eigenvalue weighted by atomic mass is 10.1. The number of nitrogens with zero attached hydrogens (tertiary/aromatic N) is 4. The van der Waals surface area contributed by atoms with Crippen molar-refractivity contribution in [3.05, 3.63) is 41.7 Å². The zero-order valence-corrected chi connectivity index (χ0v) is 11.9. The third-order valence-electron chi connectivity index (χ3n) is 3.91. The molecule has 0 aromatic carbocycles.